The van der Waals surface area contributed by atoms with Crippen LogP contribution in [0.3, 0.4) is 0 Å². The lowest BCUT2D eigenvalue weighted by Crippen LogP contribution is -2.30. The van der Waals surface area contributed by atoms with Crippen LogP contribution in [0, 0.1) is 0 Å². The number of carbonyl (C=O) groups is 1. The largest absolute Gasteiger partial charge is 0.348 e. The van der Waals surface area contributed by atoms with E-state index in [0.29, 0.717) is 5.56 Å². The summed E-state index contributed by atoms with van der Waals surface area (Å²) in [5, 5.41) is 15.1. The van der Waals surface area contributed by atoms with Gasteiger partial charge in [0.1, 0.15) is 6.54 Å². The van der Waals surface area contributed by atoms with Crippen LogP contribution in [0.15, 0.2) is 41.6 Å². The zero-order valence-electron chi connectivity index (χ0n) is 11.3. The Labute approximate surface area is 122 Å². The van der Waals surface area contributed by atoms with Crippen LogP contribution in [0.25, 0.3) is 0 Å². The Balaban J connectivity index is 2.06. The first kappa shape index (κ1) is 15.1. The van der Waals surface area contributed by atoms with Gasteiger partial charge in [0.2, 0.25) is 15.9 Å². The molecular formula is C12H15N5O3S. The van der Waals surface area contributed by atoms with Crippen molar-refractivity contribution in [1.29, 1.82) is 0 Å². The Morgan fingerprint density at radius 2 is 2.24 bits per heavy atom. The van der Waals surface area contributed by atoms with Gasteiger partial charge in [-0.25, -0.2) is 18.2 Å². The van der Waals surface area contributed by atoms with Crippen LogP contribution in [0.5, 0.6) is 0 Å². The maximum absolute atomic E-state index is 11.8. The highest BCUT2D eigenvalue weighted by Crippen LogP contribution is 2.16. The van der Waals surface area contributed by atoms with Gasteiger partial charge in [-0.1, -0.05) is 17.3 Å². The summed E-state index contributed by atoms with van der Waals surface area (Å²) in [5.74, 6) is -0.256. The van der Waals surface area contributed by atoms with Crippen LogP contribution in [0.4, 0.5) is 0 Å². The molecule has 0 bridgehead atoms. The normalized spacial score (nSPS) is 12.9. The van der Waals surface area contributed by atoms with E-state index in [1.165, 1.54) is 23.0 Å². The molecule has 0 spiro atoms. The highest BCUT2D eigenvalue weighted by molar-refractivity contribution is 7.89. The molecule has 1 unspecified atom stereocenters. The molecule has 21 heavy (non-hydrogen) atoms. The number of benzene rings is 1. The third kappa shape index (κ3) is 4.10. The Morgan fingerprint density at radius 1 is 1.48 bits per heavy atom. The predicted molar refractivity (Wildman–Crippen MR) is 74.4 cm³/mol. The van der Waals surface area contributed by atoms with Gasteiger partial charge >= 0.3 is 0 Å². The van der Waals surface area contributed by atoms with Crippen LogP contribution in [0.1, 0.15) is 18.5 Å². The third-order valence-corrected chi connectivity index (χ3v) is 3.75. The fraction of sp³-hybridized carbons (Fsp3) is 0.250. The van der Waals surface area contributed by atoms with E-state index >= 15 is 0 Å². The van der Waals surface area contributed by atoms with Crippen molar-refractivity contribution in [2.75, 3.05) is 0 Å². The van der Waals surface area contributed by atoms with E-state index in [1.807, 2.05) is 0 Å². The van der Waals surface area contributed by atoms with Crippen molar-refractivity contribution in [3.63, 3.8) is 0 Å². The zero-order valence-corrected chi connectivity index (χ0v) is 12.1. The maximum Gasteiger partial charge on any atom is 0.242 e. The zero-order chi connectivity index (χ0) is 15.5. The van der Waals surface area contributed by atoms with Gasteiger partial charge in [0.05, 0.1) is 17.1 Å². The smallest absolute Gasteiger partial charge is 0.242 e. The van der Waals surface area contributed by atoms with Gasteiger partial charge < -0.3 is 5.32 Å². The maximum atomic E-state index is 11.8. The van der Waals surface area contributed by atoms with Crippen LogP contribution >= 0.6 is 0 Å². The second-order valence-electron chi connectivity index (χ2n) is 4.51. The molecule has 1 aromatic heterocycles. The second kappa shape index (κ2) is 6.02. The summed E-state index contributed by atoms with van der Waals surface area (Å²) < 4.78 is 24.0. The van der Waals surface area contributed by atoms with Crippen molar-refractivity contribution in [3.05, 3.63) is 42.2 Å². The molecular weight excluding hydrogens is 294 g/mol. The van der Waals surface area contributed by atoms with Gasteiger partial charge in [-0.05, 0) is 24.6 Å². The average molecular weight is 309 g/mol. The van der Waals surface area contributed by atoms with E-state index in [4.69, 9.17) is 5.14 Å². The lowest BCUT2D eigenvalue weighted by atomic mass is 10.1. The molecule has 1 aromatic carbocycles. The summed E-state index contributed by atoms with van der Waals surface area (Å²) in [7, 11) is -3.76. The van der Waals surface area contributed by atoms with E-state index in [1.54, 1.807) is 25.3 Å². The first-order valence-corrected chi connectivity index (χ1v) is 7.67. The first-order chi connectivity index (χ1) is 9.86. The van der Waals surface area contributed by atoms with Gasteiger partial charge in [-0.2, -0.15) is 0 Å². The van der Waals surface area contributed by atoms with Gasteiger partial charge in [0.25, 0.3) is 0 Å². The van der Waals surface area contributed by atoms with Crippen LogP contribution in [-0.4, -0.2) is 29.3 Å². The molecule has 0 saturated carbocycles. The highest BCUT2D eigenvalue weighted by atomic mass is 32.2. The molecule has 2 rings (SSSR count). The number of sulfonamides is 1. The molecule has 0 aliphatic heterocycles. The number of rotatable bonds is 5. The molecule has 0 saturated heterocycles. The fourth-order valence-electron chi connectivity index (χ4n) is 1.80. The number of hydrogen-bond acceptors (Lipinski definition) is 5. The van der Waals surface area contributed by atoms with E-state index < -0.39 is 10.0 Å². The van der Waals surface area contributed by atoms with Crippen molar-refractivity contribution in [2.24, 2.45) is 5.14 Å². The predicted octanol–water partition coefficient (Wildman–Crippen LogP) is -0.197. The molecule has 112 valence electrons. The minimum Gasteiger partial charge on any atom is -0.348 e. The molecule has 0 fully saturated rings. The molecule has 1 atom stereocenters. The number of aromatic nitrogens is 3. The Bertz CT molecular complexity index is 727. The summed E-state index contributed by atoms with van der Waals surface area (Å²) in [5.41, 5.74) is 0.647. The van der Waals surface area contributed by atoms with Gasteiger partial charge in [-0.3, -0.25) is 4.79 Å². The van der Waals surface area contributed by atoms with E-state index in [2.05, 4.69) is 15.6 Å². The summed E-state index contributed by atoms with van der Waals surface area (Å²) in [6, 6.07) is 5.78. The van der Waals surface area contributed by atoms with E-state index in [9.17, 15) is 13.2 Å². The summed E-state index contributed by atoms with van der Waals surface area (Å²) in [6.45, 7) is 1.79. The van der Waals surface area contributed by atoms with Crippen LogP contribution in [0.2, 0.25) is 0 Å². The number of amides is 1. The molecule has 8 nitrogen and oxygen atoms in total. The van der Waals surface area contributed by atoms with Crippen molar-refractivity contribution in [2.45, 2.75) is 24.4 Å². The Hall–Kier alpha value is -2.26. The van der Waals surface area contributed by atoms with Crippen molar-refractivity contribution < 1.29 is 13.2 Å². The van der Waals surface area contributed by atoms with Crippen molar-refractivity contribution in [3.8, 4) is 0 Å². The third-order valence-electron chi connectivity index (χ3n) is 2.84. The van der Waals surface area contributed by atoms with Gasteiger partial charge in [-0.15, -0.1) is 5.10 Å². The van der Waals surface area contributed by atoms with E-state index in [-0.39, 0.29) is 23.4 Å². The van der Waals surface area contributed by atoms with Crippen molar-refractivity contribution >= 4 is 15.9 Å². The SMILES string of the molecule is CC(NC(=O)Cn1ccnn1)c1cccc(S(N)(=O)=O)c1. The molecule has 0 radical (unpaired) electrons. The Kier molecular flexibility index (Phi) is 4.34. The summed E-state index contributed by atoms with van der Waals surface area (Å²) in [4.78, 5) is 11.8. The van der Waals surface area contributed by atoms with Gasteiger partial charge in [0.15, 0.2) is 0 Å². The summed E-state index contributed by atoms with van der Waals surface area (Å²) in [6.07, 6.45) is 3.05. The number of nitrogens with two attached hydrogens (primary N) is 1. The van der Waals surface area contributed by atoms with E-state index in [0.717, 1.165) is 0 Å². The second-order valence-corrected chi connectivity index (χ2v) is 6.07. The van der Waals surface area contributed by atoms with Crippen LogP contribution in [-0.2, 0) is 21.4 Å². The molecule has 1 amide bonds. The minimum absolute atomic E-state index is 0.0115. The molecule has 0 aliphatic carbocycles. The highest BCUT2D eigenvalue weighted by Gasteiger charge is 2.13. The number of primary sulfonamides is 1. The standard InChI is InChI=1S/C12H15N5O3S/c1-9(15-12(18)8-17-6-5-14-16-17)10-3-2-4-11(7-10)21(13,19)20/h2-7,9H,8H2,1H3,(H,15,18)(H2,13,19,20). The number of carbonyl (C=O) groups excluding carboxylic acids is 1. The lowest BCUT2D eigenvalue weighted by Gasteiger charge is -2.15. The van der Waals surface area contributed by atoms with Crippen molar-refractivity contribution in [1.82, 2.24) is 20.3 Å². The quantitative estimate of drug-likeness (QED) is 0.792. The fourth-order valence-corrected chi connectivity index (χ4v) is 2.36. The number of hydrogen-bond donors (Lipinski definition) is 2. The number of nitrogens with one attached hydrogen (secondary N) is 1. The topological polar surface area (TPSA) is 120 Å². The monoisotopic (exact) mass is 309 g/mol. The molecule has 2 aromatic rings. The molecule has 3 N–H and O–H groups in total. The summed E-state index contributed by atoms with van der Waals surface area (Å²) >= 11 is 0. The van der Waals surface area contributed by atoms with Crippen LogP contribution < -0.4 is 10.5 Å². The Morgan fingerprint density at radius 3 is 2.86 bits per heavy atom. The average Bonchev–Trinajstić information content (AvgIpc) is 2.90. The molecule has 0 aliphatic rings. The molecule has 1 heterocycles. The molecule has 9 heteroatoms. The lowest BCUT2D eigenvalue weighted by molar-refractivity contribution is -0.122. The van der Waals surface area contributed by atoms with Gasteiger partial charge in [0, 0.05) is 6.20 Å². The number of nitrogens with zero attached hydrogens (tertiary/aromatic N) is 3. The minimum atomic E-state index is -3.76. The first-order valence-electron chi connectivity index (χ1n) is 6.12.